The summed E-state index contributed by atoms with van der Waals surface area (Å²) in [6, 6.07) is 9.97. The number of rotatable bonds is 6. The molecule has 0 aliphatic carbocycles. The molecule has 2 fully saturated rings. The largest absolute Gasteiger partial charge is 0.360 e. The fraction of sp³-hybridized carbons (Fsp3) is 0.522. The van der Waals surface area contributed by atoms with Crippen molar-refractivity contribution in [3.05, 3.63) is 47.3 Å². The third kappa shape index (κ3) is 4.96. The third-order valence-corrected chi connectivity index (χ3v) is 8.55. The van der Waals surface area contributed by atoms with Gasteiger partial charge in [-0.3, -0.25) is 9.59 Å². The summed E-state index contributed by atoms with van der Waals surface area (Å²) < 4.78 is 32.7. The molecule has 0 radical (unpaired) electrons. The van der Waals surface area contributed by atoms with Crippen LogP contribution in [0.15, 0.2) is 39.8 Å². The first-order valence-corrected chi connectivity index (χ1v) is 12.7. The highest BCUT2D eigenvalue weighted by atomic mass is 32.2. The summed E-state index contributed by atoms with van der Waals surface area (Å²) >= 11 is 0. The van der Waals surface area contributed by atoms with E-state index in [1.165, 1.54) is 4.31 Å². The molecule has 0 saturated carbocycles. The Morgan fingerprint density at radius 3 is 2.58 bits per heavy atom. The molecule has 0 N–H and O–H groups in total. The molecule has 2 aliphatic rings. The van der Waals surface area contributed by atoms with Gasteiger partial charge in [-0.1, -0.05) is 35.5 Å². The molecular weight excluding hydrogens is 444 g/mol. The maximum atomic E-state index is 13.2. The lowest BCUT2D eigenvalue weighted by atomic mass is 10.1. The molecule has 33 heavy (non-hydrogen) atoms. The van der Waals surface area contributed by atoms with Gasteiger partial charge < -0.3 is 14.3 Å². The number of carbonyl (C=O) groups excluding carboxylic acids is 2. The minimum absolute atomic E-state index is 0.00159. The average molecular weight is 475 g/mol. The number of nitrogens with zero attached hydrogens (tertiary/aromatic N) is 4. The number of hydrogen-bond donors (Lipinski definition) is 0. The molecule has 9 nitrogen and oxygen atoms in total. The van der Waals surface area contributed by atoms with E-state index in [2.05, 4.69) is 5.16 Å². The Bertz CT molecular complexity index is 1100. The summed E-state index contributed by atoms with van der Waals surface area (Å²) in [5.74, 6) is -0.174. The minimum Gasteiger partial charge on any atom is -0.360 e. The van der Waals surface area contributed by atoms with Crippen LogP contribution < -0.4 is 0 Å². The van der Waals surface area contributed by atoms with Crippen molar-refractivity contribution < 1.29 is 22.5 Å². The number of aromatic nitrogens is 1. The predicted molar refractivity (Wildman–Crippen MR) is 121 cm³/mol. The van der Waals surface area contributed by atoms with Gasteiger partial charge >= 0.3 is 0 Å². The van der Waals surface area contributed by atoms with Crippen LogP contribution in [0.5, 0.6) is 0 Å². The summed E-state index contributed by atoms with van der Waals surface area (Å²) in [7, 11) is -3.75. The normalized spacial score (nSPS) is 20.3. The maximum Gasteiger partial charge on any atom is 0.248 e. The number of likely N-dealkylation sites (tertiary alicyclic amines) is 1. The Hall–Kier alpha value is -2.72. The van der Waals surface area contributed by atoms with Gasteiger partial charge in [-0.05, 0) is 32.3 Å². The molecule has 0 spiro atoms. The molecule has 1 aromatic heterocycles. The Kier molecular flexibility index (Phi) is 6.85. The number of aryl methyl sites for hydroxylation is 2. The summed E-state index contributed by atoms with van der Waals surface area (Å²) in [4.78, 5) is 29.2. The van der Waals surface area contributed by atoms with Crippen LogP contribution in [0.3, 0.4) is 0 Å². The Morgan fingerprint density at radius 2 is 1.88 bits per heavy atom. The van der Waals surface area contributed by atoms with Gasteiger partial charge in [0.1, 0.15) is 10.6 Å². The highest BCUT2D eigenvalue weighted by Gasteiger charge is 2.38. The van der Waals surface area contributed by atoms with E-state index in [1.807, 2.05) is 30.3 Å². The smallest absolute Gasteiger partial charge is 0.248 e. The molecule has 4 rings (SSSR count). The maximum absolute atomic E-state index is 13.2. The van der Waals surface area contributed by atoms with Crippen molar-refractivity contribution in [2.75, 3.05) is 39.3 Å². The van der Waals surface area contributed by atoms with Crippen LogP contribution in [0.1, 0.15) is 29.9 Å². The highest BCUT2D eigenvalue weighted by Crippen LogP contribution is 2.26. The van der Waals surface area contributed by atoms with Crippen LogP contribution >= 0.6 is 0 Å². The van der Waals surface area contributed by atoms with Gasteiger partial charge in [0.25, 0.3) is 0 Å². The van der Waals surface area contributed by atoms with Gasteiger partial charge in [-0.25, -0.2) is 8.42 Å². The van der Waals surface area contributed by atoms with Crippen molar-refractivity contribution in [2.45, 2.75) is 38.0 Å². The Labute approximate surface area is 194 Å². The second-order valence-electron chi connectivity index (χ2n) is 8.71. The van der Waals surface area contributed by atoms with Gasteiger partial charge in [0.2, 0.25) is 21.8 Å². The number of sulfonamides is 1. The van der Waals surface area contributed by atoms with Crippen LogP contribution in [-0.2, 0) is 26.0 Å². The number of benzene rings is 1. The van der Waals surface area contributed by atoms with Crippen LogP contribution in [0, 0.1) is 19.8 Å². The van der Waals surface area contributed by atoms with Crippen molar-refractivity contribution in [2.24, 2.45) is 5.92 Å². The number of carbonyl (C=O) groups is 2. The van der Waals surface area contributed by atoms with E-state index in [9.17, 15) is 18.0 Å². The first-order chi connectivity index (χ1) is 15.8. The van der Waals surface area contributed by atoms with Crippen molar-refractivity contribution in [3.8, 4) is 0 Å². The molecule has 178 valence electrons. The topological polar surface area (TPSA) is 104 Å². The van der Waals surface area contributed by atoms with Crippen molar-refractivity contribution >= 4 is 21.8 Å². The van der Waals surface area contributed by atoms with Gasteiger partial charge in [-0.2, -0.15) is 4.31 Å². The second-order valence-corrected chi connectivity index (χ2v) is 10.6. The Balaban J connectivity index is 1.35. The summed E-state index contributed by atoms with van der Waals surface area (Å²) in [6.45, 7) is 5.51. The molecule has 1 aromatic carbocycles. The zero-order valence-corrected chi connectivity index (χ0v) is 19.9. The molecule has 1 atom stereocenters. The first-order valence-electron chi connectivity index (χ1n) is 11.3. The molecule has 10 heteroatoms. The van der Waals surface area contributed by atoms with Crippen LogP contribution in [0.4, 0.5) is 0 Å². The fourth-order valence-corrected chi connectivity index (χ4v) is 6.41. The minimum atomic E-state index is -3.75. The average Bonchev–Trinajstić information content (AvgIpc) is 3.22. The lowest BCUT2D eigenvalue weighted by molar-refractivity contribution is -0.135. The molecule has 3 heterocycles. The molecule has 2 aromatic rings. The predicted octanol–water partition coefficient (Wildman–Crippen LogP) is 1.61. The fourth-order valence-electron chi connectivity index (χ4n) is 4.65. The number of amides is 2. The Morgan fingerprint density at radius 1 is 1.12 bits per heavy atom. The lowest BCUT2D eigenvalue weighted by Crippen LogP contribution is -2.41. The van der Waals surface area contributed by atoms with Gasteiger partial charge in [0.05, 0.1) is 5.92 Å². The van der Waals surface area contributed by atoms with Crippen molar-refractivity contribution in [3.63, 3.8) is 0 Å². The number of hydrogen-bond acceptors (Lipinski definition) is 6. The van der Waals surface area contributed by atoms with Crippen molar-refractivity contribution in [1.29, 1.82) is 0 Å². The third-order valence-electron chi connectivity index (χ3n) is 6.41. The van der Waals surface area contributed by atoms with Crippen LogP contribution in [0.25, 0.3) is 0 Å². The van der Waals surface area contributed by atoms with E-state index in [-0.39, 0.29) is 41.4 Å². The van der Waals surface area contributed by atoms with E-state index in [0.29, 0.717) is 44.8 Å². The zero-order valence-electron chi connectivity index (χ0n) is 19.1. The molecular formula is C23H30N4O5S. The molecule has 1 unspecified atom stereocenters. The zero-order chi connectivity index (χ0) is 23.6. The lowest BCUT2D eigenvalue weighted by Gasteiger charge is -2.24. The highest BCUT2D eigenvalue weighted by molar-refractivity contribution is 7.89. The van der Waals surface area contributed by atoms with Crippen molar-refractivity contribution in [1.82, 2.24) is 19.3 Å². The van der Waals surface area contributed by atoms with E-state index in [0.717, 1.165) is 12.0 Å². The monoisotopic (exact) mass is 474 g/mol. The SMILES string of the molecule is Cc1noc(C)c1S(=O)(=O)N1CCCN(C(=O)C2CC(=O)N(CCc3ccccc3)C2)CC1. The van der Waals surface area contributed by atoms with Crippen LogP contribution in [-0.4, -0.2) is 78.8 Å². The van der Waals surface area contributed by atoms with E-state index >= 15 is 0 Å². The second kappa shape index (κ2) is 9.64. The summed E-state index contributed by atoms with van der Waals surface area (Å²) in [5, 5.41) is 3.76. The van der Waals surface area contributed by atoms with Crippen LogP contribution in [0.2, 0.25) is 0 Å². The molecule has 0 bridgehead atoms. The first kappa shape index (κ1) is 23.4. The molecule has 2 amide bonds. The summed E-state index contributed by atoms with van der Waals surface area (Å²) in [6.07, 6.45) is 1.50. The van der Waals surface area contributed by atoms with E-state index in [1.54, 1.807) is 23.6 Å². The summed E-state index contributed by atoms with van der Waals surface area (Å²) in [5.41, 5.74) is 1.50. The van der Waals surface area contributed by atoms with Gasteiger partial charge in [0.15, 0.2) is 5.76 Å². The van der Waals surface area contributed by atoms with E-state index in [4.69, 9.17) is 4.52 Å². The van der Waals surface area contributed by atoms with Gasteiger partial charge in [0, 0.05) is 45.7 Å². The van der Waals surface area contributed by atoms with E-state index < -0.39 is 10.0 Å². The van der Waals surface area contributed by atoms with Gasteiger partial charge in [-0.15, -0.1) is 0 Å². The standard InChI is InChI=1S/C23H30N4O5S/c1-17-22(18(2)32-24-17)33(30,31)27-11-6-10-25(13-14-27)23(29)20-15-21(28)26(16-20)12-9-19-7-4-3-5-8-19/h3-5,7-8,20H,6,9-16H2,1-2H3. The molecule has 2 aliphatic heterocycles. The molecule has 2 saturated heterocycles. The quantitative estimate of drug-likeness (QED) is 0.630.